The molecule has 19 heavy (non-hydrogen) atoms. The van der Waals surface area contributed by atoms with Crippen LogP contribution in [0.3, 0.4) is 0 Å². The molecule has 0 saturated heterocycles. The predicted molar refractivity (Wildman–Crippen MR) is 75.8 cm³/mol. The number of hydrogen-bond donors (Lipinski definition) is 1. The number of halogens is 2. The first-order valence-electron chi connectivity index (χ1n) is 5.86. The van der Waals surface area contributed by atoms with Crippen molar-refractivity contribution < 1.29 is 14.2 Å². The summed E-state index contributed by atoms with van der Waals surface area (Å²) in [6, 6.07) is 12.0. The second kappa shape index (κ2) is 6.17. The summed E-state index contributed by atoms with van der Waals surface area (Å²) in [5.74, 6) is 0.419. The fraction of sp³-hybridized carbons (Fsp3) is 0.200. The minimum absolute atomic E-state index is 0.320. The Morgan fingerprint density at radius 2 is 1.89 bits per heavy atom. The maximum absolute atomic E-state index is 13.4. The Morgan fingerprint density at radius 3 is 2.53 bits per heavy atom. The van der Waals surface area contributed by atoms with Crippen LogP contribution in [0.25, 0.3) is 0 Å². The molecule has 1 unspecified atom stereocenters. The molecule has 0 aliphatic rings. The fourth-order valence-electron chi connectivity index (χ4n) is 1.86. The van der Waals surface area contributed by atoms with Crippen molar-refractivity contribution in [2.45, 2.75) is 12.5 Å². The number of aliphatic hydroxyl groups is 1. The maximum Gasteiger partial charge on any atom is 0.137 e. The van der Waals surface area contributed by atoms with Crippen LogP contribution >= 0.6 is 15.9 Å². The zero-order valence-electron chi connectivity index (χ0n) is 10.4. The normalized spacial score (nSPS) is 12.2. The summed E-state index contributed by atoms with van der Waals surface area (Å²) in [6.07, 6.45) is -0.325. The second-order valence-corrected chi connectivity index (χ2v) is 5.00. The van der Waals surface area contributed by atoms with Gasteiger partial charge in [-0.1, -0.05) is 24.3 Å². The van der Waals surface area contributed by atoms with E-state index in [4.69, 9.17) is 4.74 Å². The van der Waals surface area contributed by atoms with Gasteiger partial charge in [-0.2, -0.15) is 0 Å². The molecule has 0 aliphatic heterocycles. The van der Waals surface area contributed by atoms with Gasteiger partial charge in [0.05, 0.1) is 17.7 Å². The molecule has 2 aromatic carbocycles. The van der Waals surface area contributed by atoms with Gasteiger partial charge in [0, 0.05) is 6.42 Å². The molecular formula is C15H14BrFO2. The summed E-state index contributed by atoms with van der Waals surface area (Å²) >= 11 is 3.20. The third kappa shape index (κ3) is 3.33. The van der Waals surface area contributed by atoms with Gasteiger partial charge < -0.3 is 9.84 Å². The van der Waals surface area contributed by atoms with Crippen LogP contribution in [-0.4, -0.2) is 12.2 Å². The van der Waals surface area contributed by atoms with Crippen molar-refractivity contribution in [2.24, 2.45) is 0 Å². The smallest absolute Gasteiger partial charge is 0.137 e. The zero-order chi connectivity index (χ0) is 13.8. The third-order valence-electron chi connectivity index (χ3n) is 2.95. The first kappa shape index (κ1) is 14.0. The molecule has 0 radical (unpaired) electrons. The van der Waals surface area contributed by atoms with Gasteiger partial charge in [0.25, 0.3) is 0 Å². The molecule has 0 fully saturated rings. The molecule has 0 bridgehead atoms. The Morgan fingerprint density at radius 1 is 1.21 bits per heavy atom. The van der Waals surface area contributed by atoms with Gasteiger partial charge in [-0.05, 0) is 45.3 Å². The van der Waals surface area contributed by atoms with Crippen LogP contribution in [0.5, 0.6) is 5.75 Å². The van der Waals surface area contributed by atoms with E-state index in [0.717, 1.165) is 16.9 Å². The Labute approximate surface area is 120 Å². The van der Waals surface area contributed by atoms with Crippen molar-refractivity contribution >= 4 is 15.9 Å². The van der Waals surface area contributed by atoms with Gasteiger partial charge >= 0.3 is 0 Å². The summed E-state index contributed by atoms with van der Waals surface area (Å²) < 4.78 is 18.9. The van der Waals surface area contributed by atoms with Crippen LogP contribution in [0.15, 0.2) is 46.9 Å². The van der Waals surface area contributed by atoms with E-state index in [9.17, 15) is 9.50 Å². The van der Waals surface area contributed by atoms with Crippen LogP contribution in [0.1, 0.15) is 17.2 Å². The Kier molecular flexibility index (Phi) is 4.56. The number of aliphatic hydroxyl groups excluding tert-OH is 1. The molecule has 0 heterocycles. The van der Waals surface area contributed by atoms with Gasteiger partial charge in [-0.25, -0.2) is 4.39 Å². The molecule has 0 aliphatic carbocycles. The number of hydrogen-bond acceptors (Lipinski definition) is 2. The first-order chi connectivity index (χ1) is 9.11. The van der Waals surface area contributed by atoms with E-state index in [1.54, 1.807) is 43.5 Å². The van der Waals surface area contributed by atoms with E-state index >= 15 is 0 Å². The van der Waals surface area contributed by atoms with Gasteiger partial charge in [-0.3, -0.25) is 0 Å². The molecule has 0 amide bonds. The molecule has 1 N–H and O–H groups in total. The molecule has 1 atom stereocenters. The molecule has 0 aromatic heterocycles. The van der Waals surface area contributed by atoms with E-state index in [1.165, 1.54) is 6.07 Å². The number of rotatable bonds is 4. The van der Waals surface area contributed by atoms with Gasteiger partial charge in [-0.15, -0.1) is 0 Å². The van der Waals surface area contributed by atoms with Crippen molar-refractivity contribution in [3.05, 3.63) is 63.9 Å². The minimum Gasteiger partial charge on any atom is -0.497 e. The van der Waals surface area contributed by atoms with E-state index in [2.05, 4.69) is 15.9 Å². The quantitative estimate of drug-likeness (QED) is 0.925. The molecular weight excluding hydrogens is 311 g/mol. The molecule has 0 spiro atoms. The lowest BCUT2D eigenvalue weighted by atomic mass is 10.0. The molecule has 2 nitrogen and oxygen atoms in total. The Bertz CT molecular complexity index is 555. The van der Waals surface area contributed by atoms with E-state index < -0.39 is 6.10 Å². The molecule has 2 rings (SSSR count). The topological polar surface area (TPSA) is 29.5 Å². The van der Waals surface area contributed by atoms with Crippen LogP contribution in [-0.2, 0) is 6.42 Å². The van der Waals surface area contributed by atoms with Crippen molar-refractivity contribution in [2.75, 3.05) is 7.11 Å². The highest BCUT2D eigenvalue weighted by Crippen LogP contribution is 2.26. The first-order valence-corrected chi connectivity index (χ1v) is 6.66. The zero-order valence-corrected chi connectivity index (χ0v) is 12.0. The Hall–Kier alpha value is -1.39. The predicted octanol–water partition coefficient (Wildman–Crippen LogP) is 3.87. The summed E-state index contributed by atoms with van der Waals surface area (Å²) in [4.78, 5) is 0. The lowest BCUT2D eigenvalue weighted by Gasteiger charge is -2.13. The molecule has 0 saturated carbocycles. The number of benzene rings is 2. The van der Waals surface area contributed by atoms with Crippen molar-refractivity contribution in [1.82, 2.24) is 0 Å². The van der Waals surface area contributed by atoms with E-state index in [0.29, 0.717) is 10.9 Å². The van der Waals surface area contributed by atoms with Crippen LogP contribution in [0, 0.1) is 5.82 Å². The van der Waals surface area contributed by atoms with Gasteiger partial charge in [0.2, 0.25) is 0 Å². The average Bonchev–Trinajstić information content (AvgIpc) is 2.44. The van der Waals surface area contributed by atoms with E-state index in [-0.39, 0.29) is 5.82 Å². The summed E-state index contributed by atoms with van der Waals surface area (Å²) in [6.45, 7) is 0. The highest BCUT2D eigenvalue weighted by Gasteiger charge is 2.12. The lowest BCUT2D eigenvalue weighted by molar-refractivity contribution is 0.178. The van der Waals surface area contributed by atoms with Crippen molar-refractivity contribution in [3.8, 4) is 5.75 Å². The lowest BCUT2D eigenvalue weighted by Crippen LogP contribution is -2.03. The van der Waals surface area contributed by atoms with Gasteiger partial charge in [0.1, 0.15) is 11.6 Å². The second-order valence-electron chi connectivity index (χ2n) is 4.21. The molecule has 4 heteroatoms. The minimum atomic E-state index is -0.677. The van der Waals surface area contributed by atoms with Crippen LogP contribution in [0.4, 0.5) is 4.39 Å². The summed E-state index contributed by atoms with van der Waals surface area (Å²) in [5, 5.41) is 10.2. The van der Waals surface area contributed by atoms with Gasteiger partial charge in [0.15, 0.2) is 0 Å². The highest BCUT2D eigenvalue weighted by atomic mass is 79.9. The van der Waals surface area contributed by atoms with E-state index in [1.807, 2.05) is 0 Å². The maximum atomic E-state index is 13.4. The average molecular weight is 325 g/mol. The van der Waals surface area contributed by atoms with Crippen LogP contribution in [0.2, 0.25) is 0 Å². The SMILES string of the molecule is COc1ccc(C(O)Cc2cccc(F)c2Br)cc1. The fourth-order valence-corrected chi connectivity index (χ4v) is 2.28. The Balaban J connectivity index is 2.15. The van der Waals surface area contributed by atoms with Crippen molar-refractivity contribution in [3.63, 3.8) is 0 Å². The standard InChI is InChI=1S/C15H14BrFO2/c1-19-12-7-5-10(6-8-12)14(18)9-11-3-2-4-13(17)15(11)16/h2-8,14,18H,9H2,1H3. The number of methoxy groups -OCH3 is 1. The molecule has 2 aromatic rings. The van der Waals surface area contributed by atoms with Crippen LogP contribution < -0.4 is 4.74 Å². The van der Waals surface area contributed by atoms with Crippen molar-refractivity contribution in [1.29, 1.82) is 0 Å². The monoisotopic (exact) mass is 324 g/mol. The summed E-state index contributed by atoms with van der Waals surface area (Å²) in [5.41, 5.74) is 1.51. The summed E-state index contributed by atoms with van der Waals surface area (Å²) in [7, 11) is 1.59. The number of ether oxygens (including phenoxy) is 1. The highest BCUT2D eigenvalue weighted by molar-refractivity contribution is 9.10. The largest absolute Gasteiger partial charge is 0.497 e. The molecule has 100 valence electrons. The third-order valence-corrected chi connectivity index (χ3v) is 3.83.